The summed E-state index contributed by atoms with van der Waals surface area (Å²) in [6.45, 7) is 26.3. The highest BCUT2D eigenvalue weighted by molar-refractivity contribution is 5.35. The van der Waals surface area contributed by atoms with Crippen molar-refractivity contribution in [3.63, 3.8) is 0 Å². The zero-order valence-electron chi connectivity index (χ0n) is 28.8. The maximum atomic E-state index is 5.85. The van der Waals surface area contributed by atoms with Crippen LogP contribution in [0.25, 0.3) is 0 Å². The van der Waals surface area contributed by atoms with Crippen LogP contribution in [0.15, 0.2) is 85.3 Å². The van der Waals surface area contributed by atoms with Crippen LogP contribution < -0.4 is 4.74 Å². The van der Waals surface area contributed by atoms with Gasteiger partial charge < -0.3 is 4.74 Å². The van der Waals surface area contributed by atoms with Gasteiger partial charge in [0.05, 0.1) is 0 Å². The number of hydrogen-bond acceptors (Lipinski definition) is 3. The van der Waals surface area contributed by atoms with Crippen LogP contribution in [0.1, 0.15) is 152 Å². The fourth-order valence-corrected chi connectivity index (χ4v) is 4.19. The van der Waals surface area contributed by atoms with Gasteiger partial charge in [-0.05, 0) is 93.7 Å². The predicted molar refractivity (Wildman–Crippen MR) is 186 cm³/mol. The Kier molecular flexibility index (Phi) is 14.6. The first-order chi connectivity index (χ1) is 20.3. The quantitative estimate of drug-likeness (QED) is 0.208. The fraction of sp³-hybridized carbons (Fsp3) is 0.450. The summed E-state index contributed by atoms with van der Waals surface area (Å²) in [6, 6.07) is 23.2. The van der Waals surface area contributed by atoms with Crippen LogP contribution in [-0.4, -0.2) is 9.97 Å². The second-order valence-electron chi connectivity index (χ2n) is 13.2. The van der Waals surface area contributed by atoms with Crippen LogP contribution in [-0.2, 0) is 0 Å². The van der Waals surface area contributed by atoms with Gasteiger partial charge in [0.25, 0.3) is 0 Å². The highest BCUT2D eigenvalue weighted by atomic mass is 16.5. The van der Waals surface area contributed by atoms with Crippen molar-refractivity contribution in [3.8, 4) is 11.5 Å². The van der Waals surface area contributed by atoms with E-state index in [1.165, 1.54) is 33.5 Å². The second kappa shape index (κ2) is 17.6. The van der Waals surface area contributed by atoms with E-state index in [2.05, 4.69) is 136 Å². The molecule has 2 heterocycles. The van der Waals surface area contributed by atoms with Crippen molar-refractivity contribution in [3.05, 3.63) is 119 Å². The molecule has 0 unspecified atom stereocenters. The topological polar surface area (TPSA) is 35.0 Å². The normalized spacial score (nSPS) is 11.1. The maximum absolute atomic E-state index is 5.85. The molecule has 4 aromatic rings. The molecule has 3 nitrogen and oxygen atoms in total. The Morgan fingerprint density at radius 2 is 0.767 bits per heavy atom. The van der Waals surface area contributed by atoms with Gasteiger partial charge in [-0.1, -0.05) is 119 Å². The van der Waals surface area contributed by atoms with Crippen molar-refractivity contribution in [2.24, 2.45) is 0 Å². The van der Waals surface area contributed by atoms with Crippen molar-refractivity contribution in [1.29, 1.82) is 0 Å². The number of aromatic nitrogens is 2. The van der Waals surface area contributed by atoms with Crippen LogP contribution in [0.5, 0.6) is 11.5 Å². The second-order valence-corrected chi connectivity index (χ2v) is 13.2. The molecule has 0 saturated heterocycles. The minimum Gasteiger partial charge on any atom is -0.457 e. The van der Waals surface area contributed by atoms with Gasteiger partial charge in [0.1, 0.15) is 11.5 Å². The van der Waals surface area contributed by atoms with E-state index in [4.69, 9.17) is 4.74 Å². The van der Waals surface area contributed by atoms with Crippen LogP contribution in [0.2, 0.25) is 0 Å². The average Bonchev–Trinajstić information content (AvgIpc) is 2.98. The molecule has 0 atom stereocenters. The molecule has 0 radical (unpaired) electrons. The molecule has 0 saturated carbocycles. The summed E-state index contributed by atoms with van der Waals surface area (Å²) in [5.41, 5.74) is 7.84. The molecule has 0 amide bonds. The Balaban J connectivity index is 0.000000236. The molecule has 43 heavy (non-hydrogen) atoms. The lowest BCUT2D eigenvalue weighted by Crippen LogP contribution is -1.94. The first-order valence-corrected chi connectivity index (χ1v) is 16.1. The van der Waals surface area contributed by atoms with E-state index in [9.17, 15) is 0 Å². The van der Waals surface area contributed by atoms with Crippen molar-refractivity contribution in [2.45, 2.75) is 119 Å². The van der Waals surface area contributed by atoms with Crippen molar-refractivity contribution in [2.75, 3.05) is 0 Å². The first-order valence-electron chi connectivity index (χ1n) is 16.1. The number of pyridine rings is 2. The standard InChI is InChI=1S/C18H22O.2C11H17N/c1-13(2)15-5-9-17(10-6-15)19-18-11-7-16(8-12-18)14(3)4;1-8(2)10-5-11(9(3)4)7-12-6-10;1-8(2)10-5-6-11(9(3)4)12-7-10/h5-14H,1-4H3;2*5-9H,1-4H3. The smallest absolute Gasteiger partial charge is 0.127 e. The molecule has 0 aliphatic carbocycles. The summed E-state index contributed by atoms with van der Waals surface area (Å²) < 4.78 is 5.85. The number of hydrogen-bond donors (Lipinski definition) is 0. The Morgan fingerprint density at radius 3 is 1.07 bits per heavy atom. The Hall–Kier alpha value is -3.46. The van der Waals surface area contributed by atoms with E-state index in [-0.39, 0.29) is 0 Å². The van der Waals surface area contributed by atoms with E-state index in [0.29, 0.717) is 35.5 Å². The molecule has 0 N–H and O–H groups in total. The Bertz CT molecular complexity index is 1220. The van der Waals surface area contributed by atoms with Crippen molar-refractivity contribution in [1.82, 2.24) is 9.97 Å². The molecular weight excluding hydrogens is 524 g/mol. The number of ether oxygens (including phenoxy) is 1. The zero-order chi connectivity index (χ0) is 32.1. The molecule has 232 valence electrons. The zero-order valence-corrected chi connectivity index (χ0v) is 28.8. The summed E-state index contributed by atoms with van der Waals surface area (Å²) in [7, 11) is 0. The molecule has 3 heteroatoms. The minimum absolute atomic E-state index is 0.534. The van der Waals surface area contributed by atoms with Crippen LogP contribution in [0, 0.1) is 0 Å². The largest absolute Gasteiger partial charge is 0.457 e. The molecule has 4 rings (SSSR count). The third kappa shape index (κ3) is 12.4. The molecule has 2 aromatic carbocycles. The number of benzene rings is 2. The molecule has 0 bridgehead atoms. The minimum atomic E-state index is 0.534. The van der Waals surface area contributed by atoms with Gasteiger partial charge in [0, 0.05) is 24.3 Å². The first kappa shape index (κ1) is 35.7. The van der Waals surface area contributed by atoms with Gasteiger partial charge in [-0.2, -0.15) is 0 Å². The monoisotopic (exact) mass is 580 g/mol. The number of rotatable bonds is 8. The summed E-state index contributed by atoms with van der Waals surface area (Å²) in [6.07, 6.45) is 5.90. The third-order valence-electron chi connectivity index (χ3n) is 7.51. The Morgan fingerprint density at radius 1 is 0.395 bits per heavy atom. The highest BCUT2D eigenvalue weighted by Gasteiger charge is 2.05. The SMILES string of the molecule is CC(C)c1ccc(C(C)C)nc1.CC(C)c1ccc(Oc2ccc(C(C)C)cc2)cc1.CC(C)c1cncc(C(C)C)c1. The fourth-order valence-electron chi connectivity index (χ4n) is 4.19. The third-order valence-corrected chi connectivity index (χ3v) is 7.51. The van der Waals surface area contributed by atoms with Crippen LogP contribution in [0.4, 0.5) is 0 Å². The maximum Gasteiger partial charge on any atom is 0.127 e. The van der Waals surface area contributed by atoms with Gasteiger partial charge in [0.15, 0.2) is 0 Å². The summed E-state index contributed by atoms with van der Waals surface area (Å²) >= 11 is 0. The molecule has 0 spiro atoms. The summed E-state index contributed by atoms with van der Waals surface area (Å²) in [5.74, 6) is 5.17. The lowest BCUT2D eigenvalue weighted by atomic mass is 9.99. The molecule has 2 aromatic heterocycles. The molecule has 0 aliphatic rings. The van der Waals surface area contributed by atoms with Crippen molar-refractivity contribution < 1.29 is 4.74 Å². The van der Waals surface area contributed by atoms with Crippen molar-refractivity contribution >= 4 is 0 Å². The summed E-state index contributed by atoms with van der Waals surface area (Å²) in [4.78, 5) is 8.63. The van der Waals surface area contributed by atoms with E-state index in [0.717, 1.165) is 11.5 Å². The predicted octanol–water partition coefficient (Wildman–Crippen LogP) is 12.4. The van der Waals surface area contributed by atoms with Gasteiger partial charge in [-0.3, -0.25) is 9.97 Å². The molecular formula is C40H56N2O. The van der Waals surface area contributed by atoms with Gasteiger partial charge >= 0.3 is 0 Å². The van der Waals surface area contributed by atoms with Crippen LogP contribution in [0.3, 0.4) is 0 Å². The van der Waals surface area contributed by atoms with Gasteiger partial charge in [-0.25, -0.2) is 0 Å². The van der Waals surface area contributed by atoms with E-state index >= 15 is 0 Å². The summed E-state index contributed by atoms with van der Waals surface area (Å²) in [5, 5.41) is 0. The van der Waals surface area contributed by atoms with E-state index < -0.39 is 0 Å². The molecule has 0 aliphatic heterocycles. The number of nitrogens with zero attached hydrogens (tertiary/aromatic N) is 2. The van der Waals surface area contributed by atoms with Gasteiger partial charge in [0.2, 0.25) is 0 Å². The molecule has 0 fully saturated rings. The van der Waals surface area contributed by atoms with Gasteiger partial charge in [-0.15, -0.1) is 0 Å². The highest BCUT2D eigenvalue weighted by Crippen LogP contribution is 2.26. The van der Waals surface area contributed by atoms with Crippen LogP contribution >= 0.6 is 0 Å². The average molecular weight is 581 g/mol. The van der Waals surface area contributed by atoms with E-state index in [1.54, 1.807) is 0 Å². The van der Waals surface area contributed by atoms with E-state index in [1.807, 2.05) is 42.9 Å². The lowest BCUT2D eigenvalue weighted by Gasteiger charge is -2.10. The Labute approximate surface area is 263 Å². The lowest BCUT2D eigenvalue weighted by molar-refractivity contribution is 0.482.